The first kappa shape index (κ1) is 16.5. The van der Waals surface area contributed by atoms with Crippen LogP contribution in [0.2, 0.25) is 5.28 Å². The second-order valence-electron chi connectivity index (χ2n) is 6.21. The molecule has 0 amide bonds. The molecule has 4 rings (SSSR count). The minimum atomic E-state index is 0.187. The number of fused-ring (bicyclic) bond motifs is 1. The number of hydrogen-bond acceptors (Lipinski definition) is 4. The molecule has 2 heterocycles. The highest BCUT2D eigenvalue weighted by Gasteiger charge is 2.15. The lowest BCUT2D eigenvalue weighted by molar-refractivity contribution is 0.785. The van der Waals surface area contributed by atoms with Crippen molar-refractivity contribution < 1.29 is 0 Å². The molecule has 0 aliphatic carbocycles. The second kappa shape index (κ2) is 7.14. The van der Waals surface area contributed by atoms with Gasteiger partial charge in [0.15, 0.2) is 5.65 Å². The summed E-state index contributed by atoms with van der Waals surface area (Å²) in [5.41, 5.74) is 2.88. The number of aromatic nitrogens is 4. The summed E-state index contributed by atoms with van der Waals surface area (Å²) in [4.78, 5) is 8.76. The third-order valence-corrected chi connectivity index (χ3v) is 4.34. The molecule has 6 heteroatoms. The van der Waals surface area contributed by atoms with Gasteiger partial charge >= 0.3 is 0 Å². The fraction of sp³-hybridized carbons (Fsp3) is 0.150. The topological polar surface area (TPSA) is 55.6 Å². The van der Waals surface area contributed by atoms with Gasteiger partial charge in [0.25, 0.3) is 0 Å². The van der Waals surface area contributed by atoms with Crippen LogP contribution in [0, 0.1) is 0 Å². The molecule has 2 aromatic carbocycles. The summed E-state index contributed by atoms with van der Waals surface area (Å²) in [6.45, 7) is 2.12. The highest BCUT2D eigenvalue weighted by molar-refractivity contribution is 6.28. The standard InChI is InChI=1S/C20H18ClN5/c1-14(12-15-8-4-2-5-9-15)23-18-17-13-22-26(16-10-6-3-7-11-16)19(17)25-20(21)24-18/h2-11,13-14H,12H2,1H3,(H,23,24,25)/t14-/m0/s1. The average Bonchev–Trinajstić information content (AvgIpc) is 3.07. The first-order valence-electron chi connectivity index (χ1n) is 8.48. The van der Waals surface area contributed by atoms with Gasteiger partial charge in [-0.25, -0.2) is 4.68 Å². The molecule has 2 aromatic heterocycles. The second-order valence-corrected chi connectivity index (χ2v) is 6.54. The average molecular weight is 364 g/mol. The van der Waals surface area contributed by atoms with Crippen molar-refractivity contribution >= 4 is 28.5 Å². The number of nitrogens with zero attached hydrogens (tertiary/aromatic N) is 4. The summed E-state index contributed by atoms with van der Waals surface area (Å²) in [7, 11) is 0. The van der Waals surface area contributed by atoms with Crippen molar-refractivity contribution in [2.45, 2.75) is 19.4 Å². The summed E-state index contributed by atoms with van der Waals surface area (Å²) in [6.07, 6.45) is 2.66. The van der Waals surface area contributed by atoms with Gasteiger partial charge in [-0.3, -0.25) is 0 Å². The van der Waals surface area contributed by atoms with E-state index in [0.29, 0.717) is 11.5 Å². The monoisotopic (exact) mass is 363 g/mol. The Morgan fingerprint density at radius 3 is 2.42 bits per heavy atom. The van der Waals surface area contributed by atoms with E-state index in [4.69, 9.17) is 11.6 Å². The van der Waals surface area contributed by atoms with Crippen molar-refractivity contribution in [3.8, 4) is 5.69 Å². The van der Waals surface area contributed by atoms with Crippen LogP contribution in [-0.2, 0) is 6.42 Å². The predicted molar refractivity (Wildman–Crippen MR) is 105 cm³/mol. The molecule has 0 fully saturated rings. The number of hydrogen-bond donors (Lipinski definition) is 1. The fourth-order valence-electron chi connectivity index (χ4n) is 3.00. The highest BCUT2D eigenvalue weighted by atomic mass is 35.5. The summed E-state index contributed by atoms with van der Waals surface area (Å²) in [5, 5.41) is 8.97. The quantitative estimate of drug-likeness (QED) is 0.530. The van der Waals surface area contributed by atoms with Crippen LogP contribution in [0.15, 0.2) is 66.9 Å². The lowest BCUT2D eigenvalue weighted by atomic mass is 10.1. The van der Waals surface area contributed by atoms with Crippen molar-refractivity contribution in [3.05, 3.63) is 77.7 Å². The Morgan fingerprint density at radius 2 is 1.69 bits per heavy atom. The fourth-order valence-corrected chi connectivity index (χ4v) is 3.17. The van der Waals surface area contributed by atoms with E-state index in [9.17, 15) is 0 Å². The first-order valence-corrected chi connectivity index (χ1v) is 8.85. The number of halogens is 1. The van der Waals surface area contributed by atoms with Crippen LogP contribution in [0.5, 0.6) is 0 Å². The van der Waals surface area contributed by atoms with E-state index < -0.39 is 0 Å². The van der Waals surface area contributed by atoms with E-state index in [-0.39, 0.29) is 11.3 Å². The van der Waals surface area contributed by atoms with Gasteiger partial charge in [0, 0.05) is 6.04 Å². The van der Waals surface area contributed by atoms with Crippen molar-refractivity contribution in [2.75, 3.05) is 5.32 Å². The maximum Gasteiger partial charge on any atom is 0.226 e. The van der Waals surface area contributed by atoms with Crippen LogP contribution < -0.4 is 5.32 Å². The molecule has 26 heavy (non-hydrogen) atoms. The van der Waals surface area contributed by atoms with E-state index in [2.05, 4.69) is 39.4 Å². The molecule has 0 aliphatic rings. The number of nitrogens with one attached hydrogen (secondary N) is 1. The zero-order valence-corrected chi connectivity index (χ0v) is 15.1. The predicted octanol–water partition coefficient (Wildman–Crippen LogP) is 4.51. The molecule has 1 N–H and O–H groups in total. The Morgan fingerprint density at radius 1 is 1.00 bits per heavy atom. The SMILES string of the molecule is C[C@@H](Cc1ccccc1)Nc1nc(Cl)nc2c1cnn2-c1ccccc1. The van der Waals surface area contributed by atoms with Gasteiger partial charge in [-0.15, -0.1) is 0 Å². The minimum Gasteiger partial charge on any atom is -0.367 e. The van der Waals surface area contributed by atoms with Crippen molar-refractivity contribution in [1.29, 1.82) is 0 Å². The van der Waals surface area contributed by atoms with Crippen LogP contribution in [0.25, 0.3) is 16.7 Å². The number of anilines is 1. The van der Waals surface area contributed by atoms with Crippen LogP contribution in [0.4, 0.5) is 5.82 Å². The third kappa shape index (κ3) is 3.39. The Hall–Kier alpha value is -2.92. The maximum absolute atomic E-state index is 6.18. The molecule has 0 radical (unpaired) electrons. The normalized spacial score (nSPS) is 12.2. The highest BCUT2D eigenvalue weighted by Crippen LogP contribution is 2.25. The lowest BCUT2D eigenvalue weighted by Gasteiger charge is -2.15. The molecule has 5 nitrogen and oxygen atoms in total. The molecule has 130 valence electrons. The zero-order valence-electron chi connectivity index (χ0n) is 14.3. The first-order chi connectivity index (χ1) is 12.7. The summed E-state index contributed by atoms with van der Waals surface area (Å²) in [5.74, 6) is 0.700. The van der Waals surface area contributed by atoms with Gasteiger partial charge in [-0.05, 0) is 42.6 Å². The van der Waals surface area contributed by atoms with E-state index in [1.807, 2.05) is 48.5 Å². The van der Waals surface area contributed by atoms with Crippen LogP contribution >= 0.6 is 11.6 Å². The molecule has 0 saturated heterocycles. The molecule has 0 spiro atoms. The Balaban J connectivity index is 1.66. The van der Waals surface area contributed by atoms with Crippen molar-refractivity contribution in [2.24, 2.45) is 0 Å². The van der Waals surface area contributed by atoms with Crippen molar-refractivity contribution in [3.63, 3.8) is 0 Å². The van der Waals surface area contributed by atoms with Gasteiger partial charge in [-0.1, -0.05) is 48.5 Å². The van der Waals surface area contributed by atoms with Gasteiger partial charge in [0.1, 0.15) is 5.82 Å². The van der Waals surface area contributed by atoms with E-state index in [1.165, 1.54) is 5.56 Å². The molecule has 4 aromatic rings. The number of para-hydroxylation sites is 1. The molecular formula is C20H18ClN5. The van der Waals surface area contributed by atoms with E-state index >= 15 is 0 Å². The Labute approximate surface area is 156 Å². The molecular weight excluding hydrogens is 346 g/mol. The van der Waals surface area contributed by atoms with Crippen LogP contribution in [-0.4, -0.2) is 25.8 Å². The molecule has 0 saturated carbocycles. The largest absolute Gasteiger partial charge is 0.367 e. The Kier molecular flexibility index (Phi) is 4.54. The minimum absolute atomic E-state index is 0.187. The van der Waals surface area contributed by atoms with Crippen LogP contribution in [0.1, 0.15) is 12.5 Å². The van der Waals surface area contributed by atoms with Gasteiger partial charge in [-0.2, -0.15) is 15.1 Å². The van der Waals surface area contributed by atoms with E-state index in [0.717, 1.165) is 17.5 Å². The van der Waals surface area contributed by atoms with Crippen LogP contribution in [0.3, 0.4) is 0 Å². The maximum atomic E-state index is 6.18. The summed E-state index contributed by atoms with van der Waals surface area (Å²) < 4.78 is 1.77. The van der Waals surface area contributed by atoms with Crippen molar-refractivity contribution in [1.82, 2.24) is 19.7 Å². The van der Waals surface area contributed by atoms with Gasteiger partial charge < -0.3 is 5.32 Å². The van der Waals surface area contributed by atoms with E-state index in [1.54, 1.807) is 10.9 Å². The third-order valence-electron chi connectivity index (χ3n) is 4.17. The van der Waals surface area contributed by atoms with Gasteiger partial charge in [0.2, 0.25) is 5.28 Å². The smallest absolute Gasteiger partial charge is 0.226 e. The summed E-state index contributed by atoms with van der Waals surface area (Å²) >= 11 is 6.18. The zero-order chi connectivity index (χ0) is 17.9. The molecule has 0 aliphatic heterocycles. The number of benzene rings is 2. The van der Waals surface area contributed by atoms with Gasteiger partial charge in [0.05, 0.1) is 17.3 Å². The summed E-state index contributed by atoms with van der Waals surface area (Å²) in [6, 6.07) is 20.4. The lowest BCUT2D eigenvalue weighted by Crippen LogP contribution is -2.19. The molecule has 0 bridgehead atoms. The number of rotatable bonds is 5. The Bertz CT molecular complexity index is 1010. The molecule has 0 unspecified atom stereocenters. The molecule has 1 atom stereocenters.